The number of ether oxygens (including phenoxy) is 1. The van der Waals surface area contributed by atoms with Crippen LogP contribution in [0.25, 0.3) is 0 Å². The van der Waals surface area contributed by atoms with Gasteiger partial charge in [0.2, 0.25) is 29.5 Å². The Morgan fingerprint density at radius 1 is 0.833 bits per heavy atom. The topological polar surface area (TPSA) is 192 Å². The lowest BCUT2D eigenvalue weighted by atomic mass is 9.95. The molecule has 3 saturated heterocycles. The predicted octanol–water partition coefficient (Wildman–Crippen LogP) is 0.698. The Bertz CT molecular complexity index is 1740. The van der Waals surface area contributed by atoms with Crippen molar-refractivity contribution in [3.63, 3.8) is 0 Å². The summed E-state index contributed by atoms with van der Waals surface area (Å²) in [5.41, 5.74) is 8.28. The molecule has 15 heteroatoms. The van der Waals surface area contributed by atoms with E-state index in [0.29, 0.717) is 18.4 Å². The second kappa shape index (κ2) is 17.2. The molecule has 3 aliphatic rings. The molecule has 5 amide bonds. The maximum Gasteiger partial charge on any atom is 0.333 e. The first kappa shape index (κ1) is 39.9. The zero-order valence-corrected chi connectivity index (χ0v) is 31.5. The first-order valence-electron chi connectivity index (χ1n) is 18.5. The summed E-state index contributed by atoms with van der Waals surface area (Å²) in [5, 5.41) is 5.38. The van der Waals surface area contributed by atoms with Crippen LogP contribution < -0.4 is 21.3 Å². The van der Waals surface area contributed by atoms with Crippen molar-refractivity contribution in [1.29, 1.82) is 0 Å². The highest BCUT2D eigenvalue weighted by atomic mass is 16.5. The molecule has 0 saturated carbocycles. The van der Waals surface area contributed by atoms with E-state index in [-0.39, 0.29) is 44.6 Å². The fourth-order valence-corrected chi connectivity index (χ4v) is 7.24. The van der Waals surface area contributed by atoms with E-state index >= 15 is 0 Å². The summed E-state index contributed by atoms with van der Waals surface area (Å²) >= 11 is 0. The maximum atomic E-state index is 14.8. The molecular weight excluding hydrogens is 694 g/mol. The molecular formula is C39H51N7O8. The highest BCUT2D eigenvalue weighted by Crippen LogP contribution is 2.26. The number of carbonyl (C=O) groups excluding carboxylic acids is 7. The molecule has 0 spiro atoms. The standard InChI is InChI=1S/C39H51N7O8/c1-6-28-36(50)45-19-10-13-29(45)37(51)44(5)31(21-24-14-16-26(17-15-24)43(3)4)38(52)46-20-18-27(47)22-30(46)34(48)42-33(25-11-8-7-9-12-25)39(53)54-23(2)32(40)35(49)41-28/h7-9,11-12,14-17,23,28-33H,6,10,13,18-22,40H2,1-5H3,(H,41,49)(H,42,48)/t23-,28-,29+,30+,31+,32+,33+/m1/s1. The Kier molecular flexibility index (Phi) is 12.7. The lowest BCUT2D eigenvalue weighted by Gasteiger charge is -2.40. The van der Waals surface area contributed by atoms with Crippen LogP contribution in [0.1, 0.15) is 63.1 Å². The number of benzene rings is 2. The molecule has 3 fully saturated rings. The van der Waals surface area contributed by atoms with Gasteiger partial charge < -0.3 is 40.7 Å². The number of esters is 1. The molecule has 290 valence electrons. The van der Waals surface area contributed by atoms with Gasteiger partial charge in [0, 0.05) is 59.2 Å². The lowest BCUT2D eigenvalue weighted by Crippen LogP contribution is -2.61. The number of likely N-dealkylation sites (N-methyl/N-ethyl adjacent to an activating group) is 1. The minimum absolute atomic E-state index is 0.00132. The van der Waals surface area contributed by atoms with Crippen molar-refractivity contribution >= 4 is 47.0 Å². The van der Waals surface area contributed by atoms with Crippen LogP contribution in [-0.4, -0.2) is 127 Å². The van der Waals surface area contributed by atoms with E-state index in [9.17, 15) is 33.6 Å². The molecule has 2 aromatic carbocycles. The Hall–Kier alpha value is -5.31. The third-order valence-electron chi connectivity index (χ3n) is 10.6. The average molecular weight is 746 g/mol. The number of carbonyl (C=O) groups is 7. The highest BCUT2D eigenvalue weighted by molar-refractivity contribution is 5.99. The molecule has 0 aliphatic carbocycles. The molecule has 15 nitrogen and oxygen atoms in total. The van der Waals surface area contributed by atoms with E-state index in [1.54, 1.807) is 37.3 Å². The van der Waals surface area contributed by atoms with Gasteiger partial charge in [0.1, 0.15) is 42.1 Å². The van der Waals surface area contributed by atoms with Crippen LogP contribution in [0.3, 0.4) is 0 Å². The number of ketones is 1. The Morgan fingerprint density at radius 3 is 2.15 bits per heavy atom. The predicted molar refractivity (Wildman–Crippen MR) is 199 cm³/mol. The molecule has 0 bridgehead atoms. The van der Waals surface area contributed by atoms with Crippen molar-refractivity contribution in [3.05, 3.63) is 65.7 Å². The fraction of sp³-hybridized carbons (Fsp3) is 0.513. The summed E-state index contributed by atoms with van der Waals surface area (Å²) in [4.78, 5) is 103. The van der Waals surface area contributed by atoms with E-state index in [4.69, 9.17) is 10.5 Å². The number of hydrogen-bond donors (Lipinski definition) is 3. The molecule has 0 radical (unpaired) electrons. The first-order chi connectivity index (χ1) is 25.7. The third kappa shape index (κ3) is 8.73. The van der Waals surface area contributed by atoms with Gasteiger partial charge in [-0.1, -0.05) is 49.4 Å². The Morgan fingerprint density at radius 2 is 1.50 bits per heavy atom. The number of rotatable bonds is 5. The van der Waals surface area contributed by atoms with Crippen LogP contribution in [0.15, 0.2) is 54.6 Å². The minimum atomic E-state index is -1.39. The van der Waals surface area contributed by atoms with E-state index in [1.165, 1.54) is 28.7 Å². The maximum absolute atomic E-state index is 14.8. The fourth-order valence-electron chi connectivity index (χ4n) is 7.24. The third-order valence-corrected chi connectivity index (χ3v) is 10.6. The van der Waals surface area contributed by atoms with Crippen molar-refractivity contribution < 1.29 is 38.3 Å². The Balaban J connectivity index is 1.59. The van der Waals surface area contributed by atoms with Crippen molar-refractivity contribution in [1.82, 2.24) is 25.3 Å². The zero-order valence-electron chi connectivity index (χ0n) is 31.5. The molecule has 2 aromatic rings. The van der Waals surface area contributed by atoms with Crippen molar-refractivity contribution in [3.8, 4) is 0 Å². The first-order valence-corrected chi connectivity index (χ1v) is 18.5. The molecule has 7 atom stereocenters. The SMILES string of the molecule is CC[C@H]1NC(=O)[C@@H](N)[C@@H](C)OC(=O)[C@H](c2ccccc2)NC(=O)[C@@H]2CC(=O)CCN2C(=O)[C@H](Cc2ccc(N(C)C)cc2)N(C)C(=O)[C@@H]2CCCN2C1=O. The van der Waals surface area contributed by atoms with Gasteiger partial charge in [-0.25, -0.2) is 4.79 Å². The van der Waals surface area contributed by atoms with Gasteiger partial charge in [-0.3, -0.25) is 28.8 Å². The van der Waals surface area contributed by atoms with Crippen LogP contribution in [0.2, 0.25) is 0 Å². The number of nitrogens with zero attached hydrogens (tertiary/aromatic N) is 4. The number of fused-ring (bicyclic) bond motifs is 2. The van der Waals surface area contributed by atoms with Crippen LogP contribution in [0, 0.1) is 0 Å². The van der Waals surface area contributed by atoms with Gasteiger partial charge in [0.15, 0.2) is 6.04 Å². The number of amides is 5. The summed E-state index contributed by atoms with van der Waals surface area (Å²) in [5.74, 6) is -4.16. The van der Waals surface area contributed by atoms with Gasteiger partial charge in [0.05, 0.1) is 0 Å². The summed E-state index contributed by atoms with van der Waals surface area (Å²) in [6.07, 6.45) is -0.351. The normalized spacial score (nSPS) is 27.9. The summed E-state index contributed by atoms with van der Waals surface area (Å²) in [6.45, 7) is 3.32. The van der Waals surface area contributed by atoms with Crippen LogP contribution in [0.5, 0.6) is 0 Å². The van der Waals surface area contributed by atoms with Gasteiger partial charge >= 0.3 is 5.97 Å². The molecule has 0 unspecified atom stereocenters. The molecule has 54 heavy (non-hydrogen) atoms. The van der Waals surface area contributed by atoms with E-state index < -0.39 is 77.9 Å². The second-order valence-corrected chi connectivity index (χ2v) is 14.4. The summed E-state index contributed by atoms with van der Waals surface area (Å²) < 4.78 is 5.66. The van der Waals surface area contributed by atoms with Crippen molar-refractivity contribution in [2.75, 3.05) is 39.1 Å². The number of anilines is 1. The number of hydrogen-bond acceptors (Lipinski definition) is 10. The average Bonchev–Trinajstić information content (AvgIpc) is 3.66. The van der Waals surface area contributed by atoms with E-state index in [1.807, 2.05) is 43.3 Å². The number of nitrogens with one attached hydrogen (secondary N) is 2. The van der Waals surface area contributed by atoms with E-state index in [2.05, 4.69) is 10.6 Å². The van der Waals surface area contributed by atoms with Crippen molar-refractivity contribution in [2.45, 2.75) is 94.7 Å². The highest BCUT2D eigenvalue weighted by Gasteiger charge is 2.45. The smallest absolute Gasteiger partial charge is 0.333 e. The summed E-state index contributed by atoms with van der Waals surface area (Å²) in [6, 6.07) is 8.65. The monoisotopic (exact) mass is 745 g/mol. The number of nitrogens with two attached hydrogens (primary N) is 1. The van der Waals surface area contributed by atoms with Gasteiger partial charge in [-0.2, -0.15) is 0 Å². The molecule has 3 aliphatic heterocycles. The number of Topliss-reactive ketones (excluding diaryl/α,β-unsaturated/α-hetero) is 1. The Labute approximate surface area is 315 Å². The van der Waals surface area contributed by atoms with Gasteiger partial charge in [-0.05, 0) is 49.4 Å². The van der Waals surface area contributed by atoms with Gasteiger partial charge in [0.25, 0.3) is 0 Å². The largest absolute Gasteiger partial charge is 0.459 e. The lowest BCUT2D eigenvalue weighted by molar-refractivity contribution is -0.156. The van der Waals surface area contributed by atoms with Crippen molar-refractivity contribution in [2.24, 2.45) is 5.73 Å². The number of cyclic esters (lactones) is 1. The van der Waals surface area contributed by atoms with Gasteiger partial charge in [-0.15, -0.1) is 0 Å². The molecule has 0 aromatic heterocycles. The van der Waals surface area contributed by atoms with E-state index in [0.717, 1.165) is 11.3 Å². The second-order valence-electron chi connectivity index (χ2n) is 14.4. The summed E-state index contributed by atoms with van der Waals surface area (Å²) in [7, 11) is 5.32. The quantitative estimate of drug-likeness (QED) is 0.367. The molecule has 4 N–H and O–H groups in total. The minimum Gasteiger partial charge on any atom is -0.459 e. The van der Waals surface area contributed by atoms with Crippen LogP contribution >= 0.6 is 0 Å². The molecule has 3 heterocycles. The van der Waals surface area contributed by atoms with Crippen LogP contribution in [-0.2, 0) is 44.7 Å². The number of piperidine rings is 1. The molecule has 5 rings (SSSR count). The zero-order chi connectivity index (χ0) is 39.3. The van der Waals surface area contributed by atoms with Crippen LogP contribution in [0.4, 0.5) is 5.69 Å².